The van der Waals surface area contributed by atoms with Gasteiger partial charge in [0.05, 0.1) is 16.7 Å². The molecule has 322 valence electrons. The molecule has 0 fully saturated rings. The molecule has 3 heterocycles. The molecule has 0 aliphatic carbocycles. The third-order valence-corrected chi connectivity index (χ3v) is 15.3. The number of rotatable bonds is 6. The van der Waals surface area contributed by atoms with Gasteiger partial charge in [-0.2, -0.15) is 0 Å². The molecule has 2 aliphatic heterocycles. The van der Waals surface area contributed by atoms with E-state index in [4.69, 9.17) is 0 Å². The summed E-state index contributed by atoms with van der Waals surface area (Å²) < 4.78 is 2.52. The molecule has 0 amide bonds. The molecule has 0 saturated carbocycles. The van der Waals surface area contributed by atoms with Crippen molar-refractivity contribution in [2.75, 3.05) is 4.90 Å². The Bertz CT molecular complexity index is 3680. The molecule has 0 spiro atoms. The van der Waals surface area contributed by atoms with E-state index in [-0.39, 0.29) is 12.1 Å². The summed E-state index contributed by atoms with van der Waals surface area (Å²) in [6.07, 6.45) is 0. The van der Waals surface area contributed by atoms with Gasteiger partial charge in [0.1, 0.15) is 0 Å². The van der Waals surface area contributed by atoms with Gasteiger partial charge in [0.15, 0.2) is 0 Å². The van der Waals surface area contributed by atoms with Crippen molar-refractivity contribution in [3.8, 4) is 50.2 Å². The van der Waals surface area contributed by atoms with Crippen LogP contribution in [-0.2, 0) is 5.41 Å². The minimum absolute atomic E-state index is 0.0175. The van der Waals surface area contributed by atoms with Crippen molar-refractivity contribution in [3.05, 3.63) is 236 Å². The zero-order valence-corrected chi connectivity index (χ0v) is 39.1. The first kappa shape index (κ1) is 40.5. The zero-order valence-electron chi connectivity index (χ0n) is 38.3. The molecular formula is C64H47BN2S. The van der Waals surface area contributed by atoms with Crippen LogP contribution in [0.3, 0.4) is 0 Å². The number of fused-ring (bicyclic) bond motifs is 7. The van der Waals surface area contributed by atoms with Gasteiger partial charge in [0.25, 0.3) is 0 Å². The first-order chi connectivity index (χ1) is 33.4. The molecule has 2 nitrogen and oxygen atoms in total. The quantitative estimate of drug-likeness (QED) is 0.154. The first-order valence-electron chi connectivity index (χ1n) is 23.7. The Hall–Kier alpha value is -7.79. The molecule has 0 unspecified atom stereocenters. The lowest BCUT2D eigenvalue weighted by molar-refractivity contribution is 0.591. The van der Waals surface area contributed by atoms with E-state index in [9.17, 15) is 0 Å². The van der Waals surface area contributed by atoms with Gasteiger partial charge in [0, 0.05) is 48.8 Å². The molecule has 11 aromatic rings. The number of hydrogen-bond acceptors (Lipinski definition) is 2. The van der Waals surface area contributed by atoms with Crippen LogP contribution in [0.25, 0.3) is 72.0 Å². The molecule has 68 heavy (non-hydrogen) atoms. The predicted octanol–water partition coefficient (Wildman–Crippen LogP) is 15.5. The normalized spacial score (nSPS) is 12.8. The Labute approximate surface area is 403 Å². The Balaban J connectivity index is 1.16. The number of hydrogen-bond donors (Lipinski definition) is 0. The zero-order chi connectivity index (χ0) is 45.5. The SMILES string of the molecule is CC(C)(C)c1ccc2c(c1)c1ccccc1n2-c1cc2c3c(c1)N(c1c(-c4ccccc4)cccc1-c1ccccc1)c1ccc(-c4ccccc4)cc1B3c1cc(-c3ccccc3)ccc1S2. The lowest BCUT2D eigenvalue weighted by Crippen LogP contribution is -2.60. The summed E-state index contributed by atoms with van der Waals surface area (Å²) in [6.45, 7) is 6.90. The van der Waals surface area contributed by atoms with Gasteiger partial charge in [-0.05, 0) is 97.7 Å². The molecule has 0 saturated heterocycles. The van der Waals surface area contributed by atoms with Crippen molar-refractivity contribution in [1.82, 2.24) is 4.57 Å². The van der Waals surface area contributed by atoms with Gasteiger partial charge in [-0.25, -0.2) is 0 Å². The number of aromatic nitrogens is 1. The van der Waals surface area contributed by atoms with Crippen LogP contribution in [0.2, 0.25) is 0 Å². The number of para-hydroxylation sites is 2. The lowest BCUT2D eigenvalue weighted by Gasteiger charge is -2.42. The van der Waals surface area contributed by atoms with Gasteiger partial charge in [-0.1, -0.05) is 226 Å². The maximum Gasteiger partial charge on any atom is 0.249 e. The van der Waals surface area contributed by atoms with Gasteiger partial charge in [0.2, 0.25) is 6.71 Å². The van der Waals surface area contributed by atoms with Crippen LogP contribution in [0, 0.1) is 0 Å². The molecule has 0 radical (unpaired) electrons. The van der Waals surface area contributed by atoms with Crippen LogP contribution in [-0.4, -0.2) is 11.3 Å². The average molecular weight is 887 g/mol. The monoisotopic (exact) mass is 886 g/mol. The molecule has 13 rings (SSSR count). The molecule has 1 aromatic heterocycles. The molecule has 0 N–H and O–H groups in total. The summed E-state index contributed by atoms with van der Waals surface area (Å²) in [7, 11) is 0. The van der Waals surface area contributed by atoms with E-state index in [1.807, 2.05) is 11.8 Å². The van der Waals surface area contributed by atoms with Crippen LogP contribution in [0.4, 0.5) is 17.1 Å². The van der Waals surface area contributed by atoms with Crippen molar-refractivity contribution in [1.29, 1.82) is 0 Å². The van der Waals surface area contributed by atoms with E-state index >= 15 is 0 Å². The molecule has 10 aromatic carbocycles. The van der Waals surface area contributed by atoms with Crippen molar-refractivity contribution in [2.24, 2.45) is 0 Å². The summed E-state index contributed by atoms with van der Waals surface area (Å²) in [5.74, 6) is 0. The van der Waals surface area contributed by atoms with Gasteiger partial charge in [-0.3, -0.25) is 0 Å². The third kappa shape index (κ3) is 6.58. The Morgan fingerprint density at radius 3 is 1.59 bits per heavy atom. The Morgan fingerprint density at radius 1 is 0.397 bits per heavy atom. The van der Waals surface area contributed by atoms with E-state index < -0.39 is 0 Å². The van der Waals surface area contributed by atoms with E-state index in [0.29, 0.717) is 0 Å². The molecule has 0 bridgehead atoms. The summed E-state index contributed by atoms with van der Waals surface area (Å²) in [4.78, 5) is 5.20. The van der Waals surface area contributed by atoms with Crippen molar-refractivity contribution in [3.63, 3.8) is 0 Å². The van der Waals surface area contributed by atoms with Crippen LogP contribution < -0.4 is 21.3 Å². The second kappa shape index (κ2) is 15.9. The summed E-state index contributed by atoms with van der Waals surface area (Å²) >= 11 is 1.92. The van der Waals surface area contributed by atoms with Gasteiger partial charge < -0.3 is 9.47 Å². The smallest absolute Gasteiger partial charge is 0.249 e. The van der Waals surface area contributed by atoms with E-state index in [1.165, 1.54) is 115 Å². The molecule has 4 heteroatoms. The lowest BCUT2D eigenvalue weighted by atomic mass is 9.34. The van der Waals surface area contributed by atoms with Crippen LogP contribution in [0.1, 0.15) is 26.3 Å². The van der Waals surface area contributed by atoms with Crippen LogP contribution >= 0.6 is 11.8 Å². The largest absolute Gasteiger partial charge is 0.310 e. The first-order valence-corrected chi connectivity index (χ1v) is 24.5. The Kier molecular flexibility index (Phi) is 9.49. The standard InChI is InChI=1S/C64H47BN2S/c1-64(2,3)48-33-35-57-53(39-48)52-27-16-17-30-56(52)66(57)49-40-59-62-61(41-49)68-60-36-32-47(43-21-10-5-11-22-43)38-55(60)65(62)54-37-46(42-19-8-4-9-20-42)31-34-58(54)67(59)63-50(44-23-12-6-13-24-44)28-18-29-51(63)45-25-14-7-15-26-45/h4-41H,1-3H3. The van der Waals surface area contributed by atoms with E-state index in [1.54, 1.807) is 0 Å². The fourth-order valence-electron chi connectivity index (χ4n) is 10.9. The molecule has 0 atom stereocenters. The number of nitrogens with zero attached hydrogens (tertiary/aromatic N) is 2. The Morgan fingerprint density at radius 2 is 0.956 bits per heavy atom. The second-order valence-electron chi connectivity index (χ2n) is 19.3. The minimum Gasteiger partial charge on any atom is -0.310 e. The highest BCUT2D eigenvalue weighted by molar-refractivity contribution is 8.00. The van der Waals surface area contributed by atoms with Crippen molar-refractivity contribution in [2.45, 2.75) is 36.0 Å². The van der Waals surface area contributed by atoms with Crippen LogP contribution in [0.15, 0.2) is 240 Å². The second-order valence-corrected chi connectivity index (χ2v) is 20.4. The van der Waals surface area contributed by atoms with Gasteiger partial charge >= 0.3 is 0 Å². The minimum atomic E-state index is -0.0274. The average Bonchev–Trinajstić information content (AvgIpc) is 3.72. The predicted molar refractivity (Wildman–Crippen MR) is 291 cm³/mol. The topological polar surface area (TPSA) is 8.17 Å². The number of benzene rings is 10. The van der Waals surface area contributed by atoms with Crippen molar-refractivity contribution >= 4 is 73.7 Å². The van der Waals surface area contributed by atoms with E-state index in [0.717, 1.165) is 5.69 Å². The van der Waals surface area contributed by atoms with E-state index in [2.05, 4.69) is 261 Å². The van der Waals surface area contributed by atoms with Gasteiger partial charge in [-0.15, -0.1) is 0 Å². The summed E-state index contributed by atoms with van der Waals surface area (Å²) in [5, 5.41) is 2.54. The van der Waals surface area contributed by atoms with Crippen molar-refractivity contribution < 1.29 is 0 Å². The fourth-order valence-corrected chi connectivity index (χ4v) is 12.1. The summed E-state index contributed by atoms with van der Waals surface area (Å²) in [5.41, 5.74) is 22.1. The maximum absolute atomic E-state index is 2.63. The highest BCUT2D eigenvalue weighted by atomic mass is 32.2. The van der Waals surface area contributed by atoms with Crippen LogP contribution in [0.5, 0.6) is 0 Å². The molecular weight excluding hydrogens is 840 g/mol. The maximum atomic E-state index is 2.63. The summed E-state index contributed by atoms with van der Waals surface area (Å²) in [6, 6.07) is 86.0. The third-order valence-electron chi connectivity index (χ3n) is 14.2. The molecule has 2 aliphatic rings. The highest BCUT2D eigenvalue weighted by Crippen LogP contribution is 2.50. The number of anilines is 3. The fraction of sp³-hybridized carbons (Fsp3) is 0.0625. The highest BCUT2D eigenvalue weighted by Gasteiger charge is 2.43.